The number of nitrogens with one attached hydrogen (secondary N) is 1. The monoisotopic (exact) mass is 435 g/mol. The molecule has 2 heterocycles. The third kappa shape index (κ3) is 5.18. The molecule has 0 saturated carbocycles. The molecule has 0 radical (unpaired) electrons. The molecule has 1 aliphatic carbocycles. The molecule has 2 amide bonds. The Bertz CT molecular complexity index is 928. The van der Waals surface area contributed by atoms with Gasteiger partial charge >= 0.3 is 0 Å². The van der Waals surface area contributed by atoms with Crippen LogP contribution in [0.2, 0.25) is 0 Å². The molecule has 4 rings (SSSR count). The van der Waals surface area contributed by atoms with Crippen molar-refractivity contribution in [3.63, 3.8) is 0 Å². The molecule has 3 unspecified atom stereocenters. The van der Waals surface area contributed by atoms with Crippen molar-refractivity contribution in [2.75, 3.05) is 51.1 Å². The number of carbonyl (C=O) groups is 2. The number of rotatable bonds is 5. The van der Waals surface area contributed by atoms with Crippen molar-refractivity contribution in [3.05, 3.63) is 48.6 Å². The SMILES string of the molecule is N#CC1C=CC=CC1N1CCN(C(=O)CN2CCC(C(=O)Nc3ccc(O)cc3)C2)CC1. The maximum Gasteiger partial charge on any atom is 0.236 e. The standard InChI is InChI=1S/C24H29N5O3/c25-15-18-3-1-2-4-22(18)28-11-13-29(14-12-28)23(31)17-27-10-9-19(16-27)24(32)26-20-5-7-21(30)8-6-20/h1-8,18-19,22,30H,9-14,16-17H2,(H,26,32). The van der Waals surface area contributed by atoms with Gasteiger partial charge in [0.15, 0.2) is 0 Å². The summed E-state index contributed by atoms with van der Waals surface area (Å²) in [5.74, 6) is -0.0913. The van der Waals surface area contributed by atoms with Crippen LogP contribution in [0.5, 0.6) is 5.75 Å². The highest BCUT2D eigenvalue weighted by Gasteiger charge is 2.32. The Kier molecular flexibility index (Phi) is 6.88. The molecule has 168 valence electrons. The molecular weight excluding hydrogens is 406 g/mol. The lowest BCUT2D eigenvalue weighted by molar-refractivity contribution is -0.134. The molecule has 8 heteroatoms. The fourth-order valence-corrected chi connectivity index (χ4v) is 4.60. The highest BCUT2D eigenvalue weighted by Crippen LogP contribution is 2.22. The summed E-state index contributed by atoms with van der Waals surface area (Å²) in [7, 11) is 0. The fraction of sp³-hybridized carbons (Fsp3) is 0.458. The van der Waals surface area contributed by atoms with Gasteiger partial charge in [-0.2, -0.15) is 5.26 Å². The molecule has 2 fully saturated rings. The Morgan fingerprint density at radius 2 is 1.78 bits per heavy atom. The van der Waals surface area contributed by atoms with E-state index < -0.39 is 0 Å². The number of benzene rings is 1. The summed E-state index contributed by atoms with van der Waals surface area (Å²) in [5, 5.41) is 21.6. The lowest BCUT2D eigenvalue weighted by atomic mass is 9.94. The van der Waals surface area contributed by atoms with Gasteiger partial charge in [-0.3, -0.25) is 19.4 Å². The number of allylic oxidation sites excluding steroid dienone is 2. The topological polar surface area (TPSA) is 99.9 Å². The van der Waals surface area contributed by atoms with E-state index in [-0.39, 0.29) is 35.4 Å². The summed E-state index contributed by atoms with van der Waals surface area (Å²) >= 11 is 0. The zero-order chi connectivity index (χ0) is 22.5. The summed E-state index contributed by atoms with van der Waals surface area (Å²) in [5.41, 5.74) is 0.655. The van der Waals surface area contributed by atoms with Gasteiger partial charge in [0.2, 0.25) is 11.8 Å². The molecule has 32 heavy (non-hydrogen) atoms. The first kappa shape index (κ1) is 22.1. The van der Waals surface area contributed by atoms with Crippen LogP contribution in [-0.4, -0.2) is 83.5 Å². The van der Waals surface area contributed by atoms with Crippen molar-refractivity contribution in [3.8, 4) is 11.8 Å². The van der Waals surface area contributed by atoms with Crippen LogP contribution >= 0.6 is 0 Å². The molecule has 2 aliphatic heterocycles. The molecule has 0 bridgehead atoms. The number of nitrogens with zero attached hydrogens (tertiary/aromatic N) is 4. The van der Waals surface area contributed by atoms with Crippen molar-refractivity contribution in [2.24, 2.45) is 11.8 Å². The molecule has 8 nitrogen and oxygen atoms in total. The highest BCUT2D eigenvalue weighted by atomic mass is 16.3. The number of hydrogen-bond acceptors (Lipinski definition) is 6. The largest absolute Gasteiger partial charge is 0.508 e. The Hall–Kier alpha value is -3.15. The van der Waals surface area contributed by atoms with Crippen molar-refractivity contribution >= 4 is 17.5 Å². The van der Waals surface area contributed by atoms with Gasteiger partial charge in [0, 0.05) is 44.5 Å². The van der Waals surface area contributed by atoms with Crippen LogP contribution < -0.4 is 5.32 Å². The van der Waals surface area contributed by atoms with E-state index in [0.717, 1.165) is 26.1 Å². The van der Waals surface area contributed by atoms with E-state index in [0.29, 0.717) is 31.9 Å². The van der Waals surface area contributed by atoms with Crippen LogP contribution in [0.1, 0.15) is 6.42 Å². The highest BCUT2D eigenvalue weighted by molar-refractivity contribution is 5.93. The van der Waals surface area contributed by atoms with Crippen LogP contribution in [0.15, 0.2) is 48.6 Å². The predicted octanol–water partition coefficient (Wildman–Crippen LogP) is 1.43. The zero-order valence-corrected chi connectivity index (χ0v) is 18.1. The molecule has 2 saturated heterocycles. The first-order valence-corrected chi connectivity index (χ1v) is 11.1. The fourth-order valence-electron chi connectivity index (χ4n) is 4.60. The van der Waals surface area contributed by atoms with Crippen molar-refractivity contribution in [1.82, 2.24) is 14.7 Å². The third-order valence-corrected chi connectivity index (χ3v) is 6.48. The van der Waals surface area contributed by atoms with E-state index in [2.05, 4.69) is 27.3 Å². The summed E-state index contributed by atoms with van der Waals surface area (Å²) in [6.45, 7) is 4.44. The van der Waals surface area contributed by atoms with Gasteiger partial charge in [0.25, 0.3) is 0 Å². The number of aromatic hydroxyl groups is 1. The van der Waals surface area contributed by atoms with Crippen molar-refractivity contribution in [1.29, 1.82) is 5.26 Å². The maximum atomic E-state index is 12.8. The number of phenolic OH excluding ortho intramolecular Hbond substituents is 1. The van der Waals surface area contributed by atoms with E-state index >= 15 is 0 Å². The number of anilines is 1. The summed E-state index contributed by atoms with van der Waals surface area (Å²) < 4.78 is 0. The average molecular weight is 436 g/mol. The number of hydrogen-bond donors (Lipinski definition) is 2. The molecular formula is C24H29N5O3. The number of likely N-dealkylation sites (tertiary alicyclic amines) is 1. The number of amides is 2. The Morgan fingerprint density at radius 1 is 1.06 bits per heavy atom. The van der Waals surface area contributed by atoms with Crippen LogP contribution in [0.25, 0.3) is 0 Å². The minimum atomic E-state index is -0.150. The first-order valence-electron chi connectivity index (χ1n) is 11.1. The van der Waals surface area contributed by atoms with Crippen LogP contribution in [0.3, 0.4) is 0 Å². The Balaban J connectivity index is 1.22. The van der Waals surface area contributed by atoms with E-state index in [1.54, 1.807) is 12.1 Å². The second-order valence-electron chi connectivity index (χ2n) is 8.59. The van der Waals surface area contributed by atoms with E-state index in [1.807, 2.05) is 23.1 Å². The predicted molar refractivity (Wildman–Crippen MR) is 121 cm³/mol. The van der Waals surface area contributed by atoms with Gasteiger partial charge in [-0.1, -0.05) is 24.3 Å². The van der Waals surface area contributed by atoms with Crippen LogP contribution in [-0.2, 0) is 9.59 Å². The lowest BCUT2D eigenvalue weighted by Crippen LogP contribution is -2.54. The number of nitriles is 1. The number of phenols is 1. The second-order valence-corrected chi connectivity index (χ2v) is 8.59. The Labute approximate surface area is 188 Å². The first-order chi connectivity index (χ1) is 15.5. The molecule has 2 N–H and O–H groups in total. The molecule has 0 spiro atoms. The smallest absolute Gasteiger partial charge is 0.236 e. The average Bonchev–Trinajstić information content (AvgIpc) is 3.29. The van der Waals surface area contributed by atoms with E-state index in [1.165, 1.54) is 12.1 Å². The van der Waals surface area contributed by atoms with Crippen molar-refractivity contribution < 1.29 is 14.7 Å². The lowest BCUT2D eigenvalue weighted by Gasteiger charge is -2.40. The Morgan fingerprint density at radius 3 is 2.50 bits per heavy atom. The molecule has 3 atom stereocenters. The minimum Gasteiger partial charge on any atom is -0.508 e. The molecule has 0 aromatic heterocycles. The quantitative estimate of drug-likeness (QED) is 0.679. The van der Waals surface area contributed by atoms with Crippen LogP contribution in [0, 0.1) is 23.2 Å². The van der Waals surface area contributed by atoms with Gasteiger partial charge in [-0.15, -0.1) is 0 Å². The number of piperazine rings is 1. The maximum absolute atomic E-state index is 12.8. The number of carbonyl (C=O) groups excluding carboxylic acids is 2. The van der Waals surface area contributed by atoms with E-state index in [9.17, 15) is 20.0 Å². The van der Waals surface area contributed by atoms with Crippen LogP contribution in [0.4, 0.5) is 5.69 Å². The zero-order valence-electron chi connectivity index (χ0n) is 18.1. The van der Waals surface area contributed by atoms with Gasteiger partial charge in [0.1, 0.15) is 5.75 Å². The molecule has 1 aromatic carbocycles. The summed E-state index contributed by atoms with van der Waals surface area (Å²) in [6.07, 6.45) is 8.63. The molecule has 1 aromatic rings. The van der Waals surface area contributed by atoms with Gasteiger partial charge in [0.05, 0.1) is 24.4 Å². The van der Waals surface area contributed by atoms with Crippen molar-refractivity contribution in [2.45, 2.75) is 12.5 Å². The minimum absolute atomic E-state index is 0.0547. The van der Waals surface area contributed by atoms with Gasteiger partial charge in [-0.05, 0) is 37.2 Å². The van der Waals surface area contributed by atoms with Gasteiger partial charge < -0.3 is 15.3 Å². The van der Waals surface area contributed by atoms with Gasteiger partial charge in [-0.25, -0.2) is 0 Å². The summed E-state index contributed by atoms with van der Waals surface area (Å²) in [4.78, 5) is 31.6. The normalized spacial score (nSPS) is 26.1. The van der Waals surface area contributed by atoms with E-state index in [4.69, 9.17) is 0 Å². The molecule has 3 aliphatic rings. The second kappa shape index (κ2) is 9.98. The summed E-state index contributed by atoms with van der Waals surface area (Å²) in [6, 6.07) is 8.84. The third-order valence-electron chi connectivity index (χ3n) is 6.48.